The lowest BCUT2D eigenvalue weighted by molar-refractivity contribution is -0.120. The number of primary amides is 1. The van der Waals surface area contributed by atoms with Crippen LogP contribution in [0.1, 0.15) is 25.8 Å². The molecule has 0 aliphatic rings. The molecule has 1 aromatic carbocycles. The summed E-state index contributed by atoms with van der Waals surface area (Å²) in [7, 11) is 0. The molecule has 1 unspecified atom stereocenters. The summed E-state index contributed by atoms with van der Waals surface area (Å²) in [6.45, 7) is 6.46. The average Bonchev–Trinajstić information content (AvgIpc) is 2.29. The normalized spacial score (nSPS) is 12.4. The molecule has 4 nitrogen and oxygen atoms in total. The van der Waals surface area contributed by atoms with Crippen LogP contribution in [0.15, 0.2) is 24.3 Å². The largest absolute Gasteiger partial charge is 0.494 e. The Bertz CT molecular complexity index is 374. The number of rotatable bonds is 7. The summed E-state index contributed by atoms with van der Waals surface area (Å²) in [5, 5.41) is 3.12. The summed E-state index contributed by atoms with van der Waals surface area (Å²) < 4.78 is 5.58. The number of benzene rings is 1. The second-order valence-electron chi connectivity index (χ2n) is 4.73. The SMILES string of the molecule is Cc1ccc(OCCC(NC(C)C)C(N)=O)cc1. The zero-order valence-electron chi connectivity index (χ0n) is 11.3. The zero-order chi connectivity index (χ0) is 13.5. The third-order valence-corrected chi connectivity index (χ3v) is 2.57. The average molecular weight is 250 g/mol. The van der Waals surface area contributed by atoms with Crippen molar-refractivity contribution in [2.24, 2.45) is 5.73 Å². The van der Waals surface area contributed by atoms with Crippen LogP contribution in [0.25, 0.3) is 0 Å². The molecule has 0 aromatic heterocycles. The van der Waals surface area contributed by atoms with Crippen LogP contribution in [-0.4, -0.2) is 24.6 Å². The van der Waals surface area contributed by atoms with Gasteiger partial charge in [-0.3, -0.25) is 4.79 Å². The predicted molar refractivity (Wildman–Crippen MR) is 72.5 cm³/mol. The van der Waals surface area contributed by atoms with Gasteiger partial charge in [0.2, 0.25) is 5.91 Å². The van der Waals surface area contributed by atoms with E-state index in [1.807, 2.05) is 45.0 Å². The highest BCUT2D eigenvalue weighted by molar-refractivity contribution is 5.79. The van der Waals surface area contributed by atoms with E-state index in [2.05, 4.69) is 5.32 Å². The molecule has 0 radical (unpaired) electrons. The van der Waals surface area contributed by atoms with Gasteiger partial charge in [-0.15, -0.1) is 0 Å². The fraction of sp³-hybridized carbons (Fsp3) is 0.500. The Morgan fingerprint density at radius 3 is 2.44 bits per heavy atom. The van der Waals surface area contributed by atoms with Gasteiger partial charge in [-0.25, -0.2) is 0 Å². The molecular weight excluding hydrogens is 228 g/mol. The van der Waals surface area contributed by atoms with Crippen molar-refractivity contribution in [3.8, 4) is 5.75 Å². The minimum atomic E-state index is -0.338. The van der Waals surface area contributed by atoms with Gasteiger partial charge >= 0.3 is 0 Å². The highest BCUT2D eigenvalue weighted by Gasteiger charge is 2.15. The molecule has 18 heavy (non-hydrogen) atoms. The number of nitrogens with one attached hydrogen (secondary N) is 1. The fourth-order valence-electron chi connectivity index (χ4n) is 1.64. The van der Waals surface area contributed by atoms with Crippen LogP contribution in [-0.2, 0) is 4.79 Å². The number of carbonyl (C=O) groups is 1. The van der Waals surface area contributed by atoms with Gasteiger partial charge in [0, 0.05) is 12.5 Å². The smallest absolute Gasteiger partial charge is 0.234 e. The van der Waals surface area contributed by atoms with E-state index in [-0.39, 0.29) is 18.0 Å². The number of aryl methyl sites for hydroxylation is 1. The highest BCUT2D eigenvalue weighted by atomic mass is 16.5. The van der Waals surface area contributed by atoms with Gasteiger partial charge in [0.15, 0.2) is 0 Å². The van der Waals surface area contributed by atoms with Crippen molar-refractivity contribution in [3.05, 3.63) is 29.8 Å². The molecule has 1 rings (SSSR count). The number of hydrogen-bond acceptors (Lipinski definition) is 3. The number of nitrogens with two attached hydrogens (primary N) is 1. The van der Waals surface area contributed by atoms with Crippen molar-refractivity contribution in [2.75, 3.05) is 6.61 Å². The third kappa shape index (κ3) is 5.19. The molecule has 3 N–H and O–H groups in total. The van der Waals surface area contributed by atoms with Crippen LogP contribution in [0.4, 0.5) is 0 Å². The van der Waals surface area contributed by atoms with E-state index in [0.717, 1.165) is 5.75 Å². The van der Waals surface area contributed by atoms with Crippen molar-refractivity contribution >= 4 is 5.91 Å². The van der Waals surface area contributed by atoms with Gasteiger partial charge in [0.1, 0.15) is 5.75 Å². The molecule has 0 spiro atoms. The molecule has 1 amide bonds. The molecule has 1 atom stereocenters. The van der Waals surface area contributed by atoms with E-state index < -0.39 is 0 Å². The van der Waals surface area contributed by atoms with Crippen LogP contribution in [0.3, 0.4) is 0 Å². The molecule has 4 heteroatoms. The monoisotopic (exact) mass is 250 g/mol. The van der Waals surface area contributed by atoms with Crippen molar-refractivity contribution < 1.29 is 9.53 Å². The molecule has 0 saturated heterocycles. The molecule has 0 bridgehead atoms. The molecule has 100 valence electrons. The molecule has 0 fully saturated rings. The number of ether oxygens (including phenoxy) is 1. The van der Waals surface area contributed by atoms with Gasteiger partial charge < -0.3 is 15.8 Å². The van der Waals surface area contributed by atoms with E-state index in [9.17, 15) is 4.79 Å². The van der Waals surface area contributed by atoms with Crippen molar-refractivity contribution in [3.63, 3.8) is 0 Å². The first-order valence-electron chi connectivity index (χ1n) is 6.24. The van der Waals surface area contributed by atoms with E-state index >= 15 is 0 Å². The maximum atomic E-state index is 11.2. The second kappa shape index (κ2) is 7.01. The van der Waals surface area contributed by atoms with E-state index in [0.29, 0.717) is 13.0 Å². The summed E-state index contributed by atoms with van der Waals surface area (Å²) >= 11 is 0. The lowest BCUT2D eigenvalue weighted by Gasteiger charge is -2.18. The van der Waals surface area contributed by atoms with E-state index in [1.54, 1.807) is 0 Å². The first-order valence-corrected chi connectivity index (χ1v) is 6.24. The Kier molecular flexibility index (Phi) is 5.65. The number of amides is 1. The van der Waals surface area contributed by atoms with E-state index in [1.165, 1.54) is 5.56 Å². The summed E-state index contributed by atoms with van der Waals surface area (Å²) in [5.74, 6) is 0.476. The van der Waals surface area contributed by atoms with Crippen LogP contribution >= 0.6 is 0 Å². The highest BCUT2D eigenvalue weighted by Crippen LogP contribution is 2.11. The topological polar surface area (TPSA) is 64.3 Å². The summed E-state index contributed by atoms with van der Waals surface area (Å²) in [6.07, 6.45) is 0.571. The summed E-state index contributed by atoms with van der Waals surface area (Å²) in [4.78, 5) is 11.2. The molecule has 0 saturated carbocycles. The molecule has 0 heterocycles. The summed E-state index contributed by atoms with van der Waals surface area (Å²) in [5.41, 5.74) is 6.52. The fourth-order valence-corrected chi connectivity index (χ4v) is 1.64. The van der Waals surface area contributed by atoms with Crippen LogP contribution < -0.4 is 15.8 Å². The summed E-state index contributed by atoms with van der Waals surface area (Å²) in [6, 6.07) is 7.72. The van der Waals surface area contributed by atoms with Gasteiger partial charge in [-0.1, -0.05) is 31.5 Å². The number of hydrogen-bond donors (Lipinski definition) is 2. The van der Waals surface area contributed by atoms with Crippen molar-refractivity contribution in [2.45, 2.75) is 39.3 Å². The Morgan fingerprint density at radius 2 is 1.94 bits per heavy atom. The minimum absolute atomic E-state index is 0.224. The van der Waals surface area contributed by atoms with Gasteiger partial charge in [0.25, 0.3) is 0 Å². The number of carbonyl (C=O) groups excluding carboxylic acids is 1. The third-order valence-electron chi connectivity index (χ3n) is 2.57. The molecule has 0 aliphatic heterocycles. The quantitative estimate of drug-likeness (QED) is 0.773. The Labute approximate surface area is 109 Å². The maximum absolute atomic E-state index is 11.2. The Balaban J connectivity index is 2.38. The van der Waals surface area contributed by atoms with Crippen LogP contribution in [0.5, 0.6) is 5.75 Å². The lowest BCUT2D eigenvalue weighted by atomic mass is 10.2. The minimum Gasteiger partial charge on any atom is -0.494 e. The van der Waals surface area contributed by atoms with Gasteiger partial charge in [0.05, 0.1) is 12.6 Å². The van der Waals surface area contributed by atoms with Crippen LogP contribution in [0.2, 0.25) is 0 Å². The molecule has 0 aliphatic carbocycles. The Hall–Kier alpha value is -1.55. The lowest BCUT2D eigenvalue weighted by Crippen LogP contribution is -2.45. The molecule has 1 aromatic rings. The zero-order valence-corrected chi connectivity index (χ0v) is 11.3. The first kappa shape index (κ1) is 14.5. The van der Waals surface area contributed by atoms with Gasteiger partial charge in [-0.2, -0.15) is 0 Å². The van der Waals surface area contributed by atoms with E-state index in [4.69, 9.17) is 10.5 Å². The standard InChI is InChI=1S/C14H22N2O2/c1-10(2)16-13(14(15)17)8-9-18-12-6-4-11(3)5-7-12/h4-7,10,13,16H,8-9H2,1-3H3,(H2,15,17). The molecular formula is C14H22N2O2. The van der Waals surface area contributed by atoms with Crippen molar-refractivity contribution in [1.82, 2.24) is 5.32 Å². The maximum Gasteiger partial charge on any atom is 0.234 e. The van der Waals surface area contributed by atoms with Crippen molar-refractivity contribution in [1.29, 1.82) is 0 Å². The predicted octanol–water partition coefficient (Wildman–Crippen LogP) is 1.62. The Morgan fingerprint density at radius 1 is 1.33 bits per heavy atom. The van der Waals surface area contributed by atoms with Crippen LogP contribution in [0, 0.1) is 6.92 Å². The van der Waals surface area contributed by atoms with Gasteiger partial charge in [-0.05, 0) is 19.1 Å². The first-order chi connectivity index (χ1) is 8.49. The second-order valence-corrected chi connectivity index (χ2v) is 4.73.